The molecular formula is C21H15ClFN3S. The van der Waals surface area contributed by atoms with Gasteiger partial charge in [-0.3, -0.25) is 4.57 Å². The van der Waals surface area contributed by atoms with Crippen molar-refractivity contribution >= 4 is 28.8 Å². The summed E-state index contributed by atoms with van der Waals surface area (Å²) in [5.74, 6) is 0.239. The number of aryl methyl sites for hydroxylation is 1. The first-order chi connectivity index (χ1) is 13.1. The Morgan fingerprint density at radius 2 is 1.89 bits per heavy atom. The van der Waals surface area contributed by atoms with Gasteiger partial charge in [0.15, 0.2) is 10.6 Å². The molecule has 0 bridgehead atoms. The molecule has 134 valence electrons. The first-order valence-corrected chi connectivity index (χ1v) is 9.57. The van der Waals surface area contributed by atoms with Crippen LogP contribution in [0.3, 0.4) is 0 Å². The first kappa shape index (κ1) is 17.6. The average molecular weight is 396 g/mol. The van der Waals surface area contributed by atoms with Crippen molar-refractivity contribution in [3.8, 4) is 16.9 Å². The van der Waals surface area contributed by atoms with Crippen LogP contribution in [-0.4, -0.2) is 9.55 Å². The predicted molar refractivity (Wildman–Crippen MR) is 108 cm³/mol. The number of nitrogens with zero attached hydrogens (tertiary/aromatic N) is 3. The molecule has 2 aromatic heterocycles. The van der Waals surface area contributed by atoms with E-state index in [2.05, 4.69) is 4.98 Å². The second-order valence-corrected chi connectivity index (χ2v) is 7.20. The number of benzene rings is 2. The zero-order valence-corrected chi connectivity index (χ0v) is 16.0. The maximum Gasteiger partial charge on any atom is 0.196 e. The van der Waals surface area contributed by atoms with Crippen LogP contribution >= 0.6 is 22.9 Å². The number of aromatic nitrogens is 2. The van der Waals surface area contributed by atoms with Crippen molar-refractivity contribution in [3.05, 3.63) is 93.4 Å². The molecule has 0 N–H and O–H groups in total. The van der Waals surface area contributed by atoms with E-state index < -0.39 is 5.82 Å². The quantitative estimate of drug-likeness (QED) is 0.422. The summed E-state index contributed by atoms with van der Waals surface area (Å²) in [5, 5.41) is 2.09. The van der Waals surface area contributed by atoms with Gasteiger partial charge in [0.2, 0.25) is 0 Å². The topological polar surface area (TPSA) is 30.2 Å². The van der Waals surface area contributed by atoms with E-state index in [1.54, 1.807) is 18.3 Å². The largest absolute Gasteiger partial charge is 0.285 e. The van der Waals surface area contributed by atoms with Gasteiger partial charge >= 0.3 is 0 Å². The third-order valence-corrected chi connectivity index (χ3v) is 5.24. The van der Waals surface area contributed by atoms with Crippen molar-refractivity contribution in [2.75, 3.05) is 0 Å². The van der Waals surface area contributed by atoms with Crippen molar-refractivity contribution in [3.63, 3.8) is 0 Å². The van der Waals surface area contributed by atoms with Gasteiger partial charge in [0, 0.05) is 22.8 Å². The van der Waals surface area contributed by atoms with Gasteiger partial charge in [0.1, 0.15) is 5.82 Å². The fourth-order valence-corrected chi connectivity index (χ4v) is 3.84. The Bertz CT molecular complexity index is 1170. The summed E-state index contributed by atoms with van der Waals surface area (Å²) in [4.78, 5) is 9.91. The van der Waals surface area contributed by atoms with Gasteiger partial charge in [0.05, 0.1) is 10.7 Å². The summed E-state index contributed by atoms with van der Waals surface area (Å²) in [6.45, 7) is 1.98. The Kier molecular flexibility index (Phi) is 4.88. The van der Waals surface area contributed by atoms with Crippen LogP contribution in [0.25, 0.3) is 16.9 Å². The molecule has 0 amide bonds. The summed E-state index contributed by atoms with van der Waals surface area (Å²) in [6.07, 6.45) is 1.73. The van der Waals surface area contributed by atoms with E-state index in [9.17, 15) is 4.39 Å². The highest BCUT2D eigenvalue weighted by molar-refractivity contribution is 7.07. The predicted octanol–water partition coefficient (Wildman–Crippen LogP) is 5.93. The molecule has 0 aliphatic carbocycles. The number of para-hydroxylation sites is 1. The molecule has 2 aromatic carbocycles. The first-order valence-electron chi connectivity index (χ1n) is 8.31. The van der Waals surface area contributed by atoms with Gasteiger partial charge in [-0.05, 0) is 48.9 Å². The smallest absolute Gasteiger partial charge is 0.196 e. The van der Waals surface area contributed by atoms with E-state index in [1.165, 1.54) is 17.4 Å². The molecule has 27 heavy (non-hydrogen) atoms. The van der Waals surface area contributed by atoms with Crippen molar-refractivity contribution < 1.29 is 4.39 Å². The average Bonchev–Trinajstić information content (AvgIpc) is 3.10. The number of hydrogen-bond donors (Lipinski definition) is 0. The Balaban J connectivity index is 1.97. The molecule has 0 unspecified atom stereocenters. The van der Waals surface area contributed by atoms with Gasteiger partial charge in [-0.2, -0.15) is 0 Å². The number of pyridine rings is 1. The van der Waals surface area contributed by atoms with E-state index in [0.29, 0.717) is 5.82 Å². The Morgan fingerprint density at radius 3 is 2.63 bits per heavy atom. The summed E-state index contributed by atoms with van der Waals surface area (Å²) in [6, 6.07) is 18.5. The van der Waals surface area contributed by atoms with Crippen LogP contribution in [0.5, 0.6) is 0 Å². The van der Waals surface area contributed by atoms with Crippen molar-refractivity contribution in [1.29, 1.82) is 0 Å². The highest BCUT2D eigenvalue weighted by atomic mass is 35.5. The van der Waals surface area contributed by atoms with Crippen molar-refractivity contribution in [2.24, 2.45) is 4.99 Å². The van der Waals surface area contributed by atoms with Crippen LogP contribution in [0.4, 0.5) is 10.2 Å². The molecular weight excluding hydrogens is 381 g/mol. The number of thiazole rings is 1. The lowest BCUT2D eigenvalue weighted by Crippen LogP contribution is -2.13. The summed E-state index contributed by atoms with van der Waals surface area (Å²) in [5.41, 5.74) is 3.67. The van der Waals surface area contributed by atoms with E-state index in [-0.39, 0.29) is 5.02 Å². The number of rotatable bonds is 3. The normalized spacial score (nSPS) is 11.7. The second kappa shape index (κ2) is 7.47. The summed E-state index contributed by atoms with van der Waals surface area (Å²) < 4.78 is 15.6. The standard InChI is InChI=1S/C21H15ClFN3S/c1-14-6-5-11-24-20(14)25-21-26(16-7-3-2-4-8-16)19(13-27-21)15-9-10-18(23)17(22)12-15/h2-13H,1H3. The zero-order chi connectivity index (χ0) is 18.8. The van der Waals surface area contributed by atoms with Crippen molar-refractivity contribution in [1.82, 2.24) is 9.55 Å². The fourth-order valence-electron chi connectivity index (χ4n) is 2.76. The lowest BCUT2D eigenvalue weighted by Gasteiger charge is -2.10. The molecule has 3 nitrogen and oxygen atoms in total. The van der Waals surface area contributed by atoms with Crippen LogP contribution in [-0.2, 0) is 0 Å². The monoisotopic (exact) mass is 395 g/mol. The molecule has 0 aliphatic heterocycles. The highest BCUT2D eigenvalue weighted by Crippen LogP contribution is 2.27. The highest BCUT2D eigenvalue weighted by Gasteiger charge is 2.12. The van der Waals surface area contributed by atoms with E-state index >= 15 is 0 Å². The Morgan fingerprint density at radius 1 is 1.07 bits per heavy atom. The molecule has 0 radical (unpaired) electrons. The SMILES string of the molecule is Cc1cccnc1N=c1scc(-c2ccc(F)c(Cl)c2)n1-c1ccccc1. The van der Waals surface area contributed by atoms with Crippen LogP contribution in [0.15, 0.2) is 77.2 Å². The van der Waals surface area contributed by atoms with Gasteiger partial charge in [-0.1, -0.05) is 35.9 Å². The summed E-state index contributed by atoms with van der Waals surface area (Å²) in [7, 11) is 0. The third-order valence-electron chi connectivity index (χ3n) is 4.12. The van der Waals surface area contributed by atoms with E-state index in [4.69, 9.17) is 16.6 Å². The molecule has 0 saturated carbocycles. The minimum absolute atomic E-state index is 0.0948. The molecule has 0 atom stereocenters. The molecule has 0 spiro atoms. The molecule has 2 heterocycles. The van der Waals surface area contributed by atoms with Crippen LogP contribution in [0.1, 0.15) is 5.56 Å². The zero-order valence-electron chi connectivity index (χ0n) is 14.4. The summed E-state index contributed by atoms with van der Waals surface area (Å²) >= 11 is 7.50. The molecule has 4 rings (SSSR count). The van der Waals surface area contributed by atoms with Gasteiger partial charge in [-0.25, -0.2) is 14.4 Å². The molecule has 0 fully saturated rings. The molecule has 4 aromatic rings. The molecule has 6 heteroatoms. The van der Waals surface area contributed by atoms with Gasteiger partial charge < -0.3 is 0 Å². The minimum atomic E-state index is -0.434. The Hall–Kier alpha value is -2.76. The number of halogens is 2. The van der Waals surface area contributed by atoms with E-state index in [1.807, 2.05) is 59.3 Å². The minimum Gasteiger partial charge on any atom is -0.285 e. The van der Waals surface area contributed by atoms with Crippen LogP contribution in [0, 0.1) is 12.7 Å². The maximum absolute atomic E-state index is 13.6. The van der Waals surface area contributed by atoms with E-state index in [0.717, 1.165) is 27.3 Å². The van der Waals surface area contributed by atoms with Crippen molar-refractivity contribution in [2.45, 2.75) is 6.92 Å². The number of hydrogen-bond acceptors (Lipinski definition) is 3. The fraction of sp³-hybridized carbons (Fsp3) is 0.0476. The van der Waals surface area contributed by atoms with Gasteiger partial charge in [0.25, 0.3) is 0 Å². The lowest BCUT2D eigenvalue weighted by atomic mass is 10.1. The lowest BCUT2D eigenvalue weighted by molar-refractivity contribution is 0.628. The molecule has 0 saturated heterocycles. The third kappa shape index (κ3) is 3.56. The Labute approximate surface area is 165 Å². The van der Waals surface area contributed by atoms with Crippen LogP contribution in [0.2, 0.25) is 5.02 Å². The van der Waals surface area contributed by atoms with Crippen LogP contribution < -0.4 is 4.80 Å². The molecule has 0 aliphatic rings. The second-order valence-electron chi connectivity index (χ2n) is 5.96. The maximum atomic E-state index is 13.6. The van der Waals surface area contributed by atoms with Gasteiger partial charge in [-0.15, -0.1) is 11.3 Å².